The summed E-state index contributed by atoms with van der Waals surface area (Å²) in [6.45, 7) is 0. The maximum absolute atomic E-state index is 12.5. The van der Waals surface area contributed by atoms with Gasteiger partial charge in [-0.2, -0.15) is 0 Å². The molecule has 1 saturated carbocycles. The molecule has 0 spiro atoms. The van der Waals surface area contributed by atoms with E-state index in [0.717, 1.165) is 6.42 Å². The molecule has 1 aromatic rings. The van der Waals surface area contributed by atoms with E-state index in [2.05, 4.69) is 4.99 Å². The Morgan fingerprint density at radius 3 is 2.12 bits per heavy atom. The molecule has 8 nitrogen and oxygen atoms in total. The summed E-state index contributed by atoms with van der Waals surface area (Å²) in [5, 5.41) is 0.633. The number of allylic oxidation sites excluding steroid dienone is 2. The molecule has 128 valence electrons. The maximum Gasteiger partial charge on any atom is 0.363 e. The molecule has 25 heavy (non-hydrogen) atoms. The van der Waals surface area contributed by atoms with Gasteiger partial charge in [-0.15, -0.1) is 5.06 Å². The van der Waals surface area contributed by atoms with Gasteiger partial charge in [-0.3, -0.25) is 9.59 Å². The number of rotatable bonds is 3. The van der Waals surface area contributed by atoms with Gasteiger partial charge in [0.15, 0.2) is 5.96 Å². The average molecular weight is 340 g/mol. The number of benzene rings is 1. The number of hydrogen-bond donors (Lipinski definition) is 2. The van der Waals surface area contributed by atoms with E-state index in [0.29, 0.717) is 10.8 Å². The first-order valence-corrected chi connectivity index (χ1v) is 7.94. The fourth-order valence-corrected chi connectivity index (χ4v) is 3.92. The number of guanidine groups is 1. The van der Waals surface area contributed by atoms with Gasteiger partial charge in [-0.1, -0.05) is 12.2 Å². The molecule has 2 amide bonds. The van der Waals surface area contributed by atoms with Crippen molar-refractivity contribution in [2.45, 2.75) is 6.42 Å². The zero-order valence-electron chi connectivity index (χ0n) is 13.2. The second-order valence-corrected chi connectivity index (χ2v) is 6.43. The molecule has 4 N–H and O–H groups in total. The molecule has 4 unspecified atom stereocenters. The lowest BCUT2D eigenvalue weighted by Crippen LogP contribution is -2.35. The molecule has 4 rings (SSSR count). The Balaban J connectivity index is 1.49. The van der Waals surface area contributed by atoms with Crippen LogP contribution in [0.2, 0.25) is 0 Å². The number of nitrogens with two attached hydrogens (primary N) is 2. The Kier molecular flexibility index (Phi) is 3.34. The number of carbonyl (C=O) groups is 3. The Morgan fingerprint density at radius 1 is 1.04 bits per heavy atom. The van der Waals surface area contributed by atoms with Crippen LogP contribution in [0.25, 0.3) is 0 Å². The van der Waals surface area contributed by atoms with Gasteiger partial charge < -0.3 is 16.3 Å². The van der Waals surface area contributed by atoms with Crippen LogP contribution in [0.1, 0.15) is 16.8 Å². The minimum absolute atomic E-state index is 0.0639. The first-order chi connectivity index (χ1) is 12.0. The normalized spacial score (nSPS) is 29.0. The molecule has 3 aliphatic rings. The number of imide groups is 1. The van der Waals surface area contributed by atoms with Crippen molar-refractivity contribution in [3.8, 4) is 0 Å². The standard InChI is InChI=1S/C17H16N4O4/c18-17(19)20-11-5-3-8(4-6-11)16(24)25-21-14(22)12-9-1-2-10(7-9)13(12)15(21)23/h1-6,9-10,12-13H,7H2,(H4,18,19,20). The van der Waals surface area contributed by atoms with Gasteiger partial charge in [-0.05, 0) is 42.5 Å². The van der Waals surface area contributed by atoms with Crippen molar-refractivity contribution in [3.63, 3.8) is 0 Å². The third-order valence-electron chi connectivity index (χ3n) is 4.97. The Morgan fingerprint density at radius 2 is 1.60 bits per heavy atom. The van der Waals surface area contributed by atoms with Crippen LogP contribution >= 0.6 is 0 Å². The van der Waals surface area contributed by atoms with Gasteiger partial charge in [-0.25, -0.2) is 9.79 Å². The molecule has 1 aliphatic heterocycles. The summed E-state index contributed by atoms with van der Waals surface area (Å²) in [4.78, 5) is 46.1. The molecule has 1 heterocycles. The van der Waals surface area contributed by atoms with Crippen LogP contribution in [0, 0.1) is 23.7 Å². The van der Waals surface area contributed by atoms with Crippen LogP contribution in [0.15, 0.2) is 41.4 Å². The molecule has 0 aromatic heterocycles. The van der Waals surface area contributed by atoms with Crippen LogP contribution < -0.4 is 11.5 Å². The van der Waals surface area contributed by atoms with E-state index in [4.69, 9.17) is 16.3 Å². The number of hydroxylamine groups is 2. The van der Waals surface area contributed by atoms with Gasteiger partial charge in [0, 0.05) is 0 Å². The monoisotopic (exact) mass is 340 g/mol. The Hall–Kier alpha value is -3.16. The lowest BCUT2D eigenvalue weighted by atomic mass is 9.85. The SMILES string of the molecule is NC(N)=Nc1ccc(C(=O)ON2C(=O)C3C4C=CC(C4)C3C2=O)cc1. The number of nitrogens with zero attached hydrogens (tertiary/aromatic N) is 2. The summed E-state index contributed by atoms with van der Waals surface area (Å²) in [7, 11) is 0. The molecular weight excluding hydrogens is 324 g/mol. The lowest BCUT2D eigenvalue weighted by molar-refractivity contribution is -0.175. The molecule has 1 aromatic carbocycles. The Labute approximate surface area is 143 Å². The van der Waals surface area contributed by atoms with Crippen LogP contribution in [-0.4, -0.2) is 28.8 Å². The van der Waals surface area contributed by atoms with Crippen molar-refractivity contribution in [1.82, 2.24) is 5.06 Å². The summed E-state index contributed by atoms with van der Waals surface area (Å²) >= 11 is 0. The second-order valence-electron chi connectivity index (χ2n) is 6.43. The highest BCUT2D eigenvalue weighted by atomic mass is 16.7. The molecule has 0 radical (unpaired) electrons. The van der Waals surface area contributed by atoms with E-state index in [-0.39, 0.29) is 23.4 Å². The molecule has 2 bridgehead atoms. The van der Waals surface area contributed by atoms with Crippen molar-refractivity contribution in [3.05, 3.63) is 42.0 Å². The number of amides is 2. The predicted molar refractivity (Wildman–Crippen MR) is 86.9 cm³/mol. The topological polar surface area (TPSA) is 128 Å². The quantitative estimate of drug-likeness (QED) is 0.356. The van der Waals surface area contributed by atoms with Crippen LogP contribution in [0.4, 0.5) is 5.69 Å². The summed E-state index contributed by atoms with van der Waals surface area (Å²) < 4.78 is 0. The van der Waals surface area contributed by atoms with E-state index in [1.165, 1.54) is 24.3 Å². The number of fused-ring (bicyclic) bond motifs is 5. The third-order valence-corrected chi connectivity index (χ3v) is 4.97. The predicted octanol–water partition coefficient (Wildman–Crippen LogP) is 0.470. The molecule has 4 atom stereocenters. The zero-order chi connectivity index (χ0) is 17.7. The highest BCUT2D eigenvalue weighted by Crippen LogP contribution is 2.52. The van der Waals surface area contributed by atoms with Crippen LogP contribution in [0.5, 0.6) is 0 Å². The van der Waals surface area contributed by atoms with E-state index in [9.17, 15) is 14.4 Å². The highest BCUT2D eigenvalue weighted by Gasteiger charge is 2.60. The van der Waals surface area contributed by atoms with Gasteiger partial charge in [0.05, 0.1) is 23.1 Å². The van der Waals surface area contributed by atoms with Crippen molar-refractivity contribution >= 4 is 29.4 Å². The number of aliphatic imine (C=N–C) groups is 1. The first-order valence-electron chi connectivity index (χ1n) is 7.94. The lowest BCUT2D eigenvalue weighted by Gasteiger charge is -2.15. The molecule has 2 fully saturated rings. The van der Waals surface area contributed by atoms with Gasteiger partial charge in [0.1, 0.15) is 0 Å². The van der Waals surface area contributed by atoms with Gasteiger partial charge in [0.25, 0.3) is 11.8 Å². The minimum atomic E-state index is -0.779. The Bertz CT molecular complexity index is 796. The molecule has 8 heteroatoms. The fourth-order valence-electron chi connectivity index (χ4n) is 3.92. The molecule has 2 aliphatic carbocycles. The van der Waals surface area contributed by atoms with E-state index in [1.807, 2.05) is 12.2 Å². The number of carbonyl (C=O) groups excluding carboxylic acids is 3. The fraction of sp³-hybridized carbons (Fsp3) is 0.294. The van der Waals surface area contributed by atoms with Crippen LogP contribution in [-0.2, 0) is 14.4 Å². The third kappa shape index (κ3) is 2.37. The van der Waals surface area contributed by atoms with Crippen molar-refractivity contribution in [2.24, 2.45) is 40.1 Å². The number of hydrogen-bond acceptors (Lipinski definition) is 5. The maximum atomic E-state index is 12.5. The van der Waals surface area contributed by atoms with Crippen LogP contribution in [0.3, 0.4) is 0 Å². The zero-order valence-corrected chi connectivity index (χ0v) is 13.2. The van der Waals surface area contributed by atoms with E-state index in [1.54, 1.807) is 0 Å². The summed E-state index contributed by atoms with van der Waals surface area (Å²) in [5.41, 5.74) is 11.2. The largest absolute Gasteiger partial charge is 0.370 e. The van der Waals surface area contributed by atoms with Crippen molar-refractivity contribution in [1.29, 1.82) is 0 Å². The van der Waals surface area contributed by atoms with E-state index >= 15 is 0 Å². The summed E-state index contributed by atoms with van der Waals surface area (Å²) in [5.74, 6) is -2.42. The van der Waals surface area contributed by atoms with Gasteiger partial charge in [0.2, 0.25) is 0 Å². The average Bonchev–Trinajstić information content (AvgIpc) is 3.25. The van der Waals surface area contributed by atoms with Gasteiger partial charge >= 0.3 is 5.97 Å². The minimum Gasteiger partial charge on any atom is -0.370 e. The highest BCUT2D eigenvalue weighted by molar-refractivity contribution is 6.06. The molecule has 1 saturated heterocycles. The van der Waals surface area contributed by atoms with E-state index < -0.39 is 29.6 Å². The van der Waals surface area contributed by atoms with Crippen molar-refractivity contribution in [2.75, 3.05) is 0 Å². The summed E-state index contributed by atoms with van der Waals surface area (Å²) in [6, 6.07) is 5.98. The molecular formula is C17H16N4O4. The summed E-state index contributed by atoms with van der Waals surface area (Å²) in [6.07, 6.45) is 4.77. The van der Waals surface area contributed by atoms with Crippen molar-refractivity contribution < 1.29 is 19.2 Å². The first kappa shape index (κ1) is 15.4. The smallest absolute Gasteiger partial charge is 0.363 e. The second kappa shape index (κ2) is 5.44.